The SMILES string of the molecule is Cc1ccc2c(-c3ccc(OCCCN(C)C)cc3)nn(Cc3nn[nH]n3)c2n1. The van der Waals surface area contributed by atoms with Crippen LogP contribution in [0.25, 0.3) is 22.3 Å². The van der Waals surface area contributed by atoms with E-state index in [0.29, 0.717) is 19.0 Å². The van der Waals surface area contributed by atoms with E-state index in [4.69, 9.17) is 9.84 Å². The molecule has 3 heterocycles. The van der Waals surface area contributed by atoms with Gasteiger partial charge in [-0.1, -0.05) is 5.21 Å². The van der Waals surface area contributed by atoms with Gasteiger partial charge in [0, 0.05) is 23.2 Å². The summed E-state index contributed by atoms with van der Waals surface area (Å²) in [6.07, 6.45) is 0.991. The minimum absolute atomic E-state index is 0.399. The summed E-state index contributed by atoms with van der Waals surface area (Å²) in [5.74, 6) is 1.42. The molecule has 0 aliphatic rings. The Morgan fingerprint density at radius 2 is 1.93 bits per heavy atom. The van der Waals surface area contributed by atoms with Crippen LogP contribution in [0.2, 0.25) is 0 Å². The summed E-state index contributed by atoms with van der Waals surface area (Å²) in [4.78, 5) is 6.82. The van der Waals surface area contributed by atoms with E-state index < -0.39 is 0 Å². The molecule has 9 nitrogen and oxygen atoms in total. The lowest BCUT2D eigenvalue weighted by Crippen LogP contribution is -2.15. The number of fused-ring (bicyclic) bond motifs is 1. The molecule has 0 aliphatic carbocycles. The molecule has 0 spiro atoms. The molecule has 0 atom stereocenters. The molecule has 0 radical (unpaired) electrons. The average molecular weight is 392 g/mol. The molecule has 9 heteroatoms. The molecule has 150 valence electrons. The van der Waals surface area contributed by atoms with Crippen LogP contribution in [0.1, 0.15) is 17.9 Å². The van der Waals surface area contributed by atoms with Crippen LogP contribution in [0.4, 0.5) is 0 Å². The Labute approximate surface area is 168 Å². The minimum atomic E-state index is 0.399. The van der Waals surface area contributed by atoms with Crippen molar-refractivity contribution in [3.8, 4) is 17.0 Å². The third-order valence-corrected chi connectivity index (χ3v) is 4.56. The molecule has 0 bridgehead atoms. The van der Waals surface area contributed by atoms with Crippen molar-refractivity contribution >= 4 is 11.0 Å². The van der Waals surface area contributed by atoms with Gasteiger partial charge in [0.1, 0.15) is 18.0 Å². The predicted octanol–water partition coefficient (Wildman–Crippen LogP) is 2.30. The van der Waals surface area contributed by atoms with E-state index in [2.05, 4.69) is 50.7 Å². The van der Waals surface area contributed by atoms with Crippen molar-refractivity contribution < 1.29 is 4.74 Å². The smallest absolute Gasteiger partial charge is 0.196 e. The molecule has 0 saturated heterocycles. The van der Waals surface area contributed by atoms with E-state index in [9.17, 15) is 0 Å². The quantitative estimate of drug-likeness (QED) is 0.460. The van der Waals surface area contributed by atoms with E-state index in [1.54, 1.807) is 0 Å². The standard InChI is InChI=1S/C20H24N8O/c1-14-5-10-17-19(24-28(20(17)21-14)13-18-22-25-26-23-18)15-6-8-16(9-7-15)29-12-4-11-27(2)3/h5-10H,4,11-13H2,1-3H3,(H,22,23,25,26). The third kappa shape index (κ3) is 4.40. The largest absolute Gasteiger partial charge is 0.494 e. The molecular weight excluding hydrogens is 368 g/mol. The van der Waals surface area contributed by atoms with Crippen molar-refractivity contribution in [3.63, 3.8) is 0 Å². The highest BCUT2D eigenvalue weighted by atomic mass is 16.5. The summed E-state index contributed by atoms with van der Waals surface area (Å²) in [6, 6.07) is 12.1. The molecule has 4 rings (SSSR count). The number of aromatic nitrogens is 7. The fourth-order valence-electron chi connectivity index (χ4n) is 3.13. The van der Waals surface area contributed by atoms with Crippen molar-refractivity contribution in [2.75, 3.05) is 27.2 Å². The Hall–Kier alpha value is -3.33. The molecule has 1 aromatic carbocycles. The van der Waals surface area contributed by atoms with Crippen molar-refractivity contribution in [1.29, 1.82) is 0 Å². The second-order valence-electron chi connectivity index (χ2n) is 7.19. The first kappa shape index (κ1) is 19.0. The van der Waals surface area contributed by atoms with Gasteiger partial charge in [0.05, 0.1) is 6.61 Å². The summed E-state index contributed by atoms with van der Waals surface area (Å²) < 4.78 is 7.65. The van der Waals surface area contributed by atoms with Crippen LogP contribution >= 0.6 is 0 Å². The first-order chi connectivity index (χ1) is 14.1. The summed E-state index contributed by atoms with van der Waals surface area (Å²) in [5.41, 5.74) is 3.61. The van der Waals surface area contributed by atoms with Gasteiger partial charge >= 0.3 is 0 Å². The highest BCUT2D eigenvalue weighted by Gasteiger charge is 2.15. The zero-order valence-corrected chi connectivity index (χ0v) is 16.8. The number of aryl methyl sites for hydroxylation is 1. The molecule has 0 saturated carbocycles. The molecule has 0 fully saturated rings. The number of hydrogen-bond donors (Lipinski definition) is 1. The van der Waals surface area contributed by atoms with Crippen molar-refractivity contribution in [2.45, 2.75) is 19.9 Å². The Bertz CT molecular complexity index is 1070. The van der Waals surface area contributed by atoms with E-state index in [1.165, 1.54) is 0 Å². The lowest BCUT2D eigenvalue weighted by atomic mass is 10.1. The first-order valence-corrected chi connectivity index (χ1v) is 9.54. The second-order valence-corrected chi connectivity index (χ2v) is 7.19. The molecule has 29 heavy (non-hydrogen) atoms. The van der Waals surface area contributed by atoms with Crippen molar-refractivity contribution in [3.05, 3.63) is 47.9 Å². The molecule has 4 aromatic rings. The van der Waals surface area contributed by atoms with Gasteiger partial charge in [0.25, 0.3) is 0 Å². The van der Waals surface area contributed by atoms with Crippen molar-refractivity contribution in [1.82, 2.24) is 40.3 Å². The number of rotatable bonds is 8. The monoisotopic (exact) mass is 392 g/mol. The zero-order chi connectivity index (χ0) is 20.2. The highest BCUT2D eigenvalue weighted by molar-refractivity contribution is 5.91. The maximum absolute atomic E-state index is 5.83. The molecule has 1 N–H and O–H groups in total. The number of H-pyrrole nitrogens is 1. The van der Waals surface area contributed by atoms with Gasteiger partial charge in [-0.3, -0.25) is 0 Å². The number of ether oxygens (including phenoxy) is 1. The number of pyridine rings is 1. The molecule has 0 aliphatic heterocycles. The molecular formula is C20H24N8O. The van der Waals surface area contributed by atoms with E-state index >= 15 is 0 Å². The summed E-state index contributed by atoms with van der Waals surface area (Å²) in [5, 5.41) is 19.9. The van der Waals surface area contributed by atoms with Gasteiger partial charge in [-0.05, 0) is 63.8 Å². The summed E-state index contributed by atoms with van der Waals surface area (Å²) >= 11 is 0. The van der Waals surface area contributed by atoms with Crippen molar-refractivity contribution in [2.24, 2.45) is 0 Å². The summed E-state index contributed by atoms with van der Waals surface area (Å²) in [7, 11) is 4.13. The maximum atomic E-state index is 5.83. The third-order valence-electron chi connectivity index (χ3n) is 4.56. The number of aromatic amines is 1. The average Bonchev–Trinajstić information content (AvgIpc) is 3.34. The number of nitrogens with zero attached hydrogens (tertiary/aromatic N) is 7. The fourth-order valence-corrected chi connectivity index (χ4v) is 3.13. The van der Waals surface area contributed by atoms with E-state index in [1.807, 2.05) is 41.9 Å². The van der Waals surface area contributed by atoms with Crippen LogP contribution in [-0.2, 0) is 6.54 Å². The number of nitrogens with one attached hydrogen (secondary N) is 1. The normalized spacial score (nSPS) is 11.4. The molecule has 0 amide bonds. The van der Waals surface area contributed by atoms with Crippen LogP contribution in [0.3, 0.4) is 0 Å². The zero-order valence-electron chi connectivity index (χ0n) is 16.8. The highest BCUT2D eigenvalue weighted by Crippen LogP contribution is 2.29. The molecule has 3 aromatic heterocycles. The number of tetrazole rings is 1. The molecule has 0 unspecified atom stereocenters. The van der Waals surface area contributed by atoms with Gasteiger partial charge in [0.15, 0.2) is 11.5 Å². The van der Waals surface area contributed by atoms with Gasteiger partial charge in [-0.2, -0.15) is 10.3 Å². The predicted molar refractivity (Wildman–Crippen MR) is 110 cm³/mol. The summed E-state index contributed by atoms with van der Waals surface area (Å²) in [6.45, 7) is 4.07. The van der Waals surface area contributed by atoms with Crippen LogP contribution in [-0.4, -0.2) is 67.5 Å². The lowest BCUT2D eigenvalue weighted by Gasteiger charge is -2.10. The Morgan fingerprint density at radius 3 is 2.66 bits per heavy atom. The van der Waals surface area contributed by atoms with Gasteiger partial charge < -0.3 is 9.64 Å². The van der Waals surface area contributed by atoms with Gasteiger partial charge in [-0.15, -0.1) is 10.2 Å². The fraction of sp³-hybridized carbons (Fsp3) is 0.350. The van der Waals surface area contributed by atoms with E-state index in [-0.39, 0.29) is 0 Å². The minimum Gasteiger partial charge on any atom is -0.494 e. The first-order valence-electron chi connectivity index (χ1n) is 9.54. The Balaban J connectivity index is 1.58. The van der Waals surface area contributed by atoms with Gasteiger partial charge in [0.2, 0.25) is 0 Å². The topological polar surface area (TPSA) is 97.6 Å². The number of benzene rings is 1. The Kier molecular flexibility index (Phi) is 5.48. The maximum Gasteiger partial charge on any atom is 0.196 e. The number of hydrogen-bond acceptors (Lipinski definition) is 7. The van der Waals surface area contributed by atoms with Crippen LogP contribution in [0, 0.1) is 6.92 Å². The lowest BCUT2D eigenvalue weighted by molar-refractivity contribution is 0.281. The Morgan fingerprint density at radius 1 is 1.10 bits per heavy atom. The van der Waals surface area contributed by atoms with Crippen LogP contribution in [0.15, 0.2) is 36.4 Å². The van der Waals surface area contributed by atoms with Crippen LogP contribution < -0.4 is 4.74 Å². The van der Waals surface area contributed by atoms with E-state index in [0.717, 1.165) is 46.7 Å². The second kappa shape index (κ2) is 8.36. The van der Waals surface area contributed by atoms with Crippen LogP contribution in [0.5, 0.6) is 5.75 Å². The van der Waals surface area contributed by atoms with Gasteiger partial charge in [-0.25, -0.2) is 9.67 Å².